The highest BCUT2D eigenvalue weighted by Gasteiger charge is 2.11. The molecule has 0 unspecified atom stereocenters. The smallest absolute Gasteiger partial charge is 0.274 e. The quantitative estimate of drug-likeness (QED) is 0.492. The summed E-state index contributed by atoms with van der Waals surface area (Å²) in [6.07, 6.45) is 2.95. The van der Waals surface area contributed by atoms with Crippen LogP contribution < -0.4 is 14.8 Å². The predicted octanol–water partition coefficient (Wildman–Crippen LogP) is 3.57. The first kappa shape index (κ1) is 18.0. The molecule has 7 heteroatoms. The molecule has 0 heterocycles. The number of nitro benzene ring substituents is 1. The average molecular weight is 342 g/mol. The van der Waals surface area contributed by atoms with Gasteiger partial charge in [-0.3, -0.25) is 14.9 Å². The molecule has 1 amide bonds. The molecule has 0 aliphatic carbocycles. The number of nitrogens with one attached hydrogen (secondary N) is 1. The van der Waals surface area contributed by atoms with Crippen molar-refractivity contribution in [1.29, 1.82) is 0 Å². The third kappa shape index (κ3) is 4.57. The summed E-state index contributed by atoms with van der Waals surface area (Å²) in [5, 5.41) is 13.5. The Balaban J connectivity index is 2.11. The number of carbonyl (C=O) groups is 1. The monoisotopic (exact) mass is 342 g/mol. The lowest BCUT2D eigenvalue weighted by Gasteiger charge is -2.07. The minimum atomic E-state index is -0.482. The minimum Gasteiger partial charge on any atom is -0.493 e. The molecule has 0 spiro atoms. The topological polar surface area (TPSA) is 90.7 Å². The Labute approximate surface area is 145 Å². The van der Waals surface area contributed by atoms with Crippen LogP contribution in [0, 0.1) is 17.0 Å². The Kier molecular flexibility index (Phi) is 5.73. The Bertz CT molecular complexity index is 830. The van der Waals surface area contributed by atoms with Crippen LogP contribution in [0.4, 0.5) is 11.4 Å². The van der Waals surface area contributed by atoms with Gasteiger partial charge in [-0.25, -0.2) is 0 Å². The molecule has 0 radical (unpaired) electrons. The third-order valence-corrected chi connectivity index (χ3v) is 3.51. The van der Waals surface area contributed by atoms with Crippen LogP contribution in [0.1, 0.15) is 11.1 Å². The van der Waals surface area contributed by atoms with Crippen molar-refractivity contribution in [1.82, 2.24) is 0 Å². The molecule has 0 aliphatic heterocycles. The molecule has 0 fully saturated rings. The number of hydrogen-bond acceptors (Lipinski definition) is 5. The van der Waals surface area contributed by atoms with E-state index in [0.717, 1.165) is 5.56 Å². The minimum absolute atomic E-state index is 0.0401. The second kappa shape index (κ2) is 7.96. The number of carbonyl (C=O) groups excluding carboxylic acids is 1. The van der Waals surface area contributed by atoms with Crippen molar-refractivity contribution in [3.8, 4) is 11.5 Å². The lowest BCUT2D eigenvalue weighted by molar-refractivity contribution is -0.385. The van der Waals surface area contributed by atoms with E-state index in [-0.39, 0.29) is 5.69 Å². The van der Waals surface area contributed by atoms with Crippen LogP contribution in [0.25, 0.3) is 6.08 Å². The molecular weight excluding hydrogens is 324 g/mol. The van der Waals surface area contributed by atoms with Gasteiger partial charge in [-0.2, -0.15) is 0 Å². The number of aryl methyl sites for hydroxylation is 1. The van der Waals surface area contributed by atoms with Crippen LogP contribution in [0.15, 0.2) is 42.5 Å². The van der Waals surface area contributed by atoms with E-state index in [1.54, 1.807) is 50.4 Å². The van der Waals surface area contributed by atoms with E-state index in [1.165, 1.54) is 19.3 Å². The third-order valence-electron chi connectivity index (χ3n) is 3.51. The summed E-state index contributed by atoms with van der Waals surface area (Å²) in [7, 11) is 3.07. The van der Waals surface area contributed by atoms with Crippen molar-refractivity contribution in [3.63, 3.8) is 0 Å². The van der Waals surface area contributed by atoms with Crippen LogP contribution in [0.2, 0.25) is 0 Å². The van der Waals surface area contributed by atoms with Crippen molar-refractivity contribution in [2.75, 3.05) is 19.5 Å². The molecule has 1 N–H and O–H groups in total. The van der Waals surface area contributed by atoms with Crippen molar-refractivity contribution in [3.05, 3.63) is 63.7 Å². The lowest BCUT2D eigenvalue weighted by atomic mass is 10.1. The van der Waals surface area contributed by atoms with E-state index in [1.807, 2.05) is 0 Å². The van der Waals surface area contributed by atoms with Crippen LogP contribution in [0.5, 0.6) is 11.5 Å². The Morgan fingerprint density at radius 1 is 1.12 bits per heavy atom. The normalized spacial score (nSPS) is 10.5. The van der Waals surface area contributed by atoms with E-state index in [4.69, 9.17) is 9.47 Å². The Morgan fingerprint density at radius 3 is 2.48 bits per heavy atom. The molecule has 0 saturated heterocycles. The summed E-state index contributed by atoms with van der Waals surface area (Å²) in [6.45, 7) is 1.64. The second-order valence-electron chi connectivity index (χ2n) is 5.20. The van der Waals surface area contributed by atoms with Gasteiger partial charge in [-0.15, -0.1) is 0 Å². The molecule has 2 aromatic carbocycles. The maximum absolute atomic E-state index is 12.0. The Hall–Kier alpha value is -3.35. The van der Waals surface area contributed by atoms with E-state index in [2.05, 4.69) is 5.32 Å². The van der Waals surface area contributed by atoms with E-state index in [0.29, 0.717) is 22.7 Å². The van der Waals surface area contributed by atoms with Crippen LogP contribution in [-0.4, -0.2) is 25.1 Å². The van der Waals surface area contributed by atoms with Crippen LogP contribution in [-0.2, 0) is 4.79 Å². The SMILES string of the molecule is COc1ccc(C=CC(=O)Nc2ccc(C)c([N+](=O)[O-])c2)cc1OC. The summed E-state index contributed by atoms with van der Waals surface area (Å²) in [6, 6.07) is 9.79. The number of nitrogens with zero attached hydrogens (tertiary/aromatic N) is 1. The standard InChI is InChI=1S/C18H18N2O5/c1-12-4-7-14(11-15(12)20(22)23)19-18(21)9-6-13-5-8-16(24-2)17(10-13)25-3/h4-11H,1-3H3,(H,19,21). The number of benzene rings is 2. The fourth-order valence-corrected chi connectivity index (χ4v) is 2.20. The summed E-state index contributed by atoms with van der Waals surface area (Å²) in [4.78, 5) is 22.5. The largest absolute Gasteiger partial charge is 0.493 e. The van der Waals surface area contributed by atoms with Gasteiger partial charge in [0.15, 0.2) is 11.5 Å². The highest BCUT2D eigenvalue weighted by atomic mass is 16.6. The Morgan fingerprint density at radius 2 is 1.84 bits per heavy atom. The van der Waals surface area contributed by atoms with Gasteiger partial charge in [0.2, 0.25) is 5.91 Å². The molecule has 25 heavy (non-hydrogen) atoms. The fraction of sp³-hybridized carbons (Fsp3) is 0.167. The molecular formula is C18H18N2O5. The maximum atomic E-state index is 12.0. The first-order valence-corrected chi connectivity index (χ1v) is 7.40. The van der Waals surface area contributed by atoms with Crippen molar-refractivity contribution in [2.45, 2.75) is 6.92 Å². The first-order chi connectivity index (χ1) is 11.9. The predicted molar refractivity (Wildman–Crippen MR) is 95.0 cm³/mol. The van der Waals surface area contributed by atoms with E-state index >= 15 is 0 Å². The van der Waals surface area contributed by atoms with Crippen molar-refractivity contribution < 1.29 is 19.2 Å². The van der Waals surface area contributed by atoms with Gasteiger partial charge >= 0.3 is 0 Å². The summed E-state index contributed by atoms with van der Waals surface area (Å²) in [5.74, 6) is 0.753. The molecule has 0 aromatic heterocycles. The summed E-state index contributed by atoms with van der Waals surface area (Å²) in [5.41, 5.74) is 1.60. The number of ether oxygens (including phenoxy) is 2. The zero-order valence-corrected chi connectivity index (χ0v) is 14.1. The zero-order valence-electron chi connectivity index (χ0n) is 14.1. The summed E-state index contributed by atoms with van der Waals surface area (Å²) < 4.78 is 10.4. The van der Waals surface area contributed by atoms with Gasteiger partial charge in [0.05, 0.1) is 19.1 Å². The van der Waals surface area contributed by atoms with Crippen LogP contribution >= 0.6 is 0 Å². The molecule has 2 rings (SSSR count). The zero-order chi connectivity index (χ0) is 18.4. The second-order valence-corrected chi connectivity index (χ2v) is 5.20. The van der Waals surface area contributed by atoms with Gasteiger partial charge in [0.25, 0.3) is 5.69 Å². The van der Waals surface area contributed by atoms with Crippen LogP contribution in [0.3, 0.4) is 0 Å². The number of nitro groups is 1. The number of methoxy groups -OCH3 is 2. The van der Waals surface area contributed by atoms with Crippen molar-refractivity contribution >= 4 is 23.4 Å². The molecule has 0 bridgehead atoms. The van der Waals surface area contributed by atoms with Gasteiger partial charge in [0, 0.05) is 23.4 Å². The lowest BCUT2D eigenvalue weighted by Crippen LogP contribution is -2.08. The summed E-state index contributed by atoms with van der Waals surface area (Å²) >= 11 is 0. The van der Waals surface area contributed by atoms with E-state index < -0.39 is 10.8 Å². The maximum Gasteiger partial charge on any atom is 0.274 e. The highest BCUT2D eigenvalue weighted by molar-refractivity contribution is 6.02. The molecule has 130 valence electrons. The average Bonchev–Trinajstić information content (AvgIpc) is 2.61. The molecule has 0 saturated carbocycles. The number of amides is 1. The van der Waals surface area contributed by atoms with Gasteiger partial charge in [0.1, 0.15) is 0 Å². The number of anilines is 1. The number of rotatable bonds is 6. The molecule has 0 aliphatic rings. The molecule has 0 atom stereocenters. The molecule has 2 aromatic rings. The molecule has 7 nitrogen and oxygen atoms in total. The number of hydrogen-bond donors (Lipinski definition) is 1. The fourth-order valence-electron chi connectivity index (χ4n) is 2.20. The van der Waals surface area contributed by atoms with Gasteiger partial charge in [-0.1, -0.05) is 12.1 Å². The highest BCUT2D eigenvalue weighted by Crippen LogP contribution is 2.28. The van der Waals surface area contributed by atoms with Gasteiger partial charge in [-0.05, 0) is 36.8 Å². The van der Waals surface area contributed by atoms with Gasteiger partial charge < -0.3 is 14.8 Å². The van der Waals surface area contributed by atoms with E-state index in [9.17, 15) is 14.9 Å². The van der Waals surface area contributed by atoms with Crippen molar-refractivity contribution in [2.24, 2.45) is 0 Å². The first-order valence-electron chi connectivity index (χ1n) is 7.40.